The zero-order chi connectivity index (χ0) is 59.3. The van der Waals surface area contributed by atoms with Crippen molar-refractivity contribution in [3.63, 3.8) is 0 Å². The van der Waals surface area contributed by atoms with Crippen LogP contribution >= 0.6 is 0 Å². The van der Waals surface area contributed by atoms with Crippen molar-refractivity contribution in [2.75, 3.05) is 28.4 Å². The summed E-state index contributed by atoms with van der Waals surface area (Å²) in [4.78, 5) is 94.8. The summed E-state index contributed by atoms with van der Waals surface area (Å²) in [6.45, 7) is 0. The highest BCUT2D eigenvalue weighted by Gasteiger charge is 2.21. The molecule has 86 heavy (non-hydrogen) atoms. The molecule has 8 aromatic heterocycles. The molecule has 0 aliphatic carbocycles. The summed E-state index contributed by atoms with van der Waals surface area (Å²) in [7, 11) is 5.46. The van der Waals surface area contributed by atoms with Gasteiger partial charge in [-0.25, -0.2) is 29.9 Å². The van der Waals surface area contributed by atoms with Crippen molar-refractivity contribution in [3.05, 3.63) is 165 Å². The molecule has 426 valence electrons. The predicted octanol–water partition coefficient (Wildman–Crippen LogP) is 9.82. The number of nitrogens with zero attached hydrogens (tertiary/aromatic N) is 8. The van der Waals surface area contributed by atoms with E-state index < -0.39 is 0 Å². The maximum atomic E-state index is 12.7. The van der Waals surface area contributed by atoms with Gasteiger partial charge in [-0.05, 0) is 152 Å². The van der Waals surface area contributed by atoms with E-state index in [4.69, 9.17) is 38.9 Å². The number of aromatic nitrogens is 12. The van der Waals surface area contributed by atoms with Crippen LogP contribution in [-0.2, 0) is 63.8 Å². The third kappa shape index (κ3) is 11.3. The number of methoxy groups -OCH3 is 4. The second-order valence-electron chi connectivity index (χ2n) is 20.1. The summed E-state index contributed by atoms with van der Waals surface area (Å²) in [6, 6.07) is 15.6. The van der Waals surface area contributed by atoms with Gasteiger partial charge in [0.05, 0.1) is 131 Å². The Bertz CT molecular complexity index is 4580. The van der Waals surface area contributed by atoms with Crippen molar-refractivity contribution < 1.29 is 38.1 Å². The van der Waals surface area contributed by atoms with Crippen LogP contribution in [0.15, 0.2) is 86.0 Å². The maximum Gasteiger partial charge on any atom is 0.305 e. The number of fused-ring (bicyclic) bond motifs is 16. The second-order valence-corrected chi connectivity index (χ2v) is 20.1. The molecule has 0 atom stereocenters. The third-order valence-corrected chi connectivity index (χ3v) is 15.1. The first-order chi connectivity index (χ1) is 42.1. The van der Waals surface area contributed by atoms with Gasteiger partial charge in [0, 0.05) is 89.2 Å². The van der Waals surface area contributed by atoms with Crippen LogP contribution in [-0.4, -0.2) is 111 Å². The first-order valence-electron chi connectivity index (χ1n) is 27.6. The van der Waals surface area contributed by atoms with Crippen molar-refractivity contribution in [2.45, 2.75) is 51.4 Å². The molecule has 0 unspecified atom stereocenters. The number of aryl methyl sites for hydroxylation is 3. The number of H-pyrrole nitrogens is 4. The standard InChI is InChI=1S/C66H54N12O8/c1-83-61(79)29-9-41-49-17-13-45(69-49)39(46-14-18-50(70-46)42(10-30-62(80)84-2)54-22-26-58(74-54)65(77-35-33-67-37-77)57-25-21-53(41)73-57)7-5-6-8-40-47-15-19-51(71-47)43(11-31-63(81)85-3)55-23-27-59(75-55)66(78-36-34-68-38-78)60-28-24-56(76-60)44(12-32-64(82)86-4)52-20-16-48(40)72-52/h13-28,33-38,69,73,75-76H,9-12,29-32H2,1-4H3. The number of rotatable bonds is 14. The van der Waals surface area contributed by atoms with E-state index in [0.717, 1.165) is 72.2 Å². The molecule has 0 radical (unpaired) electrons. The molecule has 8 aromatic rings. The highest BCUT2D eigenvalue weighted by molar-refractivity contribution is 5.90. The summed E-state index contributed by atoms with van der Waals surface area (Å²) in [5, 5.41) is 0. The smallest absolute Gasteiger partial charge is 0.305 e. The monoisotopic (exact) mass is 1140 g/mol. The van der Waals surface area contributed by atoms with E-state index in [2.05, 4.69) is 53.6 Å². The maximum absolute atomic E-state index is 12.7. The van der Waals surface area contributed by atoms with Crippen LogP contribution in [0.5, 0.6) is 0 Å². The number of ether oxygens (including phenoxy) is 4. The van der Waals surface area contributed by atoms with Gasteiger partial charge in [0.2, 0.25) is 0 Å². The van der Waals surface area contributed by atoms with Crippen molar-refractivity contribution >= 4 is 117 Å². The molecule has 0 amide bonds. The van der Waals surface area contributed by atoms with Crippen molar-refractivity contribution in [1.82, 2.24) is 59.0 Å². The fourth-order valence-electron chi connectivity index (χ4n) is 10.8. The third-order valence-electron chi connectivity index (χ3n) is 15.1. The van der Waals surface area contributed by atoms with E-state index in [1.54, 1.807) is 25.0 Å². The zero-order valence-electron chi connectivity index (χ0n) is 47.2. The fourth-order valence-corrected chi connectivity index (χ4v) is 10.8. The molecule has 20 nitrogen and oxygen atoms in total. The molecule has 0 aromatic carbocycles. The van der Waals surface area contributed by atoms with E-state index in [9.17, 15) is 19.2 Å². The lowest BCUT2D eigenvalue weighted by Crippen LogP contribution is -2.04. The summed E-state index contributed by atoms with van der Waals surface area (Å²) in [5.74, 6) is 11.5. The molecule has 4 aliphatic rings. The van der Waals surface area contributed by atoms with Gasteiger partial charge in [0.15, 0.2) is 0 Å². The van der Waals surface area contributed by atoms with Crippen molar-refractivity contribution in [3.8, 4) is 35.1 Å². The average Bonchev–Trinajstić information content (AvgIpc) is 2.70. The molecule has 16 bridgehead atoms. The quantitative estimate of drug-likeness (QED) is 0.0449. The summed E-state index contributed by atoms with van der Waals surface area (Å²) < 4.78 is 24.2. The Morgan fingerprint density at radius 1 is 0.384 bits per heavy atom. The topological polar surface area (TPSA) is 256 Å². The Morgan fingerprint density at radius 3 is 1.16 bits per heavy atom. The fraction of sp³-hybridized carbons (Fsp3) is 0.182. The summed E-state index contributed by atoms with van der Waals surface area (Å²) >= 11 is 0. The molecule has 12 heterocycles. The minimum absolute atomic E-state index is 0.0781. The zero-order valence-corrected chi connectivity index (χ0v) is 47.2. The van der Waals surface area contributed by atoms with Gasteiger partial charge in [-0.3, -0.25) is 19.2 Å². The first kappa shape index (κ1) is 55.2. The van der Waals surface area contributed by atoms with Crippen molar-refractivity contribution in [1.29, 1.82) is 0 Å². The predicted molar refractivity (Wildman–Crippen MR) is 327 cm³/mol. The first-order valence-corrected chi connectivity index (χ1v) is 27.6. The molecule has 4 aliphatic heterocycles. The van der Waals surface area contributed by atoms with Crippen LogP contribution < -0.4 is 0 Å². The van der Waals surface area contributed by atoms with E-state index >= 15 is 0 Å². The Morgan fingerprint density at radius 2 is 0.709 bits per heavy atom. The molecule has 4 N–H and O–H groups in total. The number of aromatic amines is 4. The molecule has 0 fully saturated rings. The average molecular weight is 1140 g/mol. The van der Waals surface area contributed by atoms with Gasteiger partial charge in [0.1, 0.15) is 0 Å². The van der Waals surface area contributed by atoms with E-state index in [-0.39, 0.29) is 56.0 Å². The highest BCUT2D eigenvalue weighted by Crippen LogP contribution is 2.32. The minimum Gasteiger partial charge on any atom is -0.469 e. The van der Waals surface area contributed by atoms with Gasteiger partial charge in [0.25, 0.3) is 0 Å². The van der Waals surface area contributed by atoms with Gasteiger partial charge >= 0.3 is 23.9 Å². The van der Waals surface area contributed by atoms with Crippen LogP contribution in [0.1, 0.15) is 105 Å². The summed E-state index contributed by atoms with van der Waals surface area (Å²) in [5.41, 5.74) is 15.9. The van der Waals surface area contributed by atoms with Gasteiger partial charge in [-0.1, -0.05) is 0 Å². The molecular formula is C66H54N12O8. The molecule has 0 saturated heterocycles. The number of hydrogen-bond acceptors (Lipinski definition) is 14. The molecular weight excluding hydrogens is 1090 g/mol. The molecule has 0 spiro atoms. The van der Waals surface area contributed by atoms with E-state index in [1.165, 1.54) is 28.4 Å². The number of imidazole rings is 2. The Kier molecular flexibility index (Phi) is 15.5. The number of nitrogens with one attached hydrogen (secondary N) is 4. The number of carbonyl (C=O) groups is 4. The normalized spacial score (nSPS) is 11.9. The Labute approximate surface area is 491 Å². The number of hydrogen-bond donors (Lipinski definition) is 4. The van der Waals surface area contributed by atoms with Gasteiger partial charge in [-0.15, -0.1) is 0 Å². The van der Waals surface area contributed by atoms with Crippen LogP contribution in [0.3, 0.4) is 0 Å². The molecule has 12 rings (SSSR count). The van der Waals surface area contributed by atoms with Crippen LogP contribution in [0, 0.1) is 23.7 Å². The SMILES string of the molecule is COC(=O)CCc1c2nc(c(C#CC#Cc3c4nc(c(CCC(=O)OC)c5ccc([nH]5)c(-n5ccnc5)c5ccc([nH]5)c(CCC(=O)OC)c5nc3C=C5)C=C4)c3ccc([nH]3)c(CCC(=O)OC)c3ccc([nH]3)c(-n3ccnc3)c3nc1C=C3)C=C2. The van der Waals surface area contributed by atoms with E-state index in [1.807, 2.05) is 119 Å². The highest BCUT2D eigenvalue weighted by atomic mass is 16.5. The lowest BCUT2D eigenvalue weighted by molar-refractivity contribution is -0.141. The lowest BCUT2D eigenvalue weighted by Gasteiger charge is -2.05. The number of esters is 4. The minimum atomic E-state index is -0.382. The van der Waals surface area contributed by atoms with Crippen molar-refractivity contribution in [2.24, 2.45) is 0 Å². The van der Waals surface area contributed by atoms with Crippen LogP contribution in [0.25, 0.3) is 104 Å². The molecule has 0 saturated carbocycles. The Balaban J connectivity index is 1.09. The largest absolute Gasteiger partial charge is 0.469 e. The van der Waals surface area contributed by atoms with Gasteiger partial charge < -0.3 is 48.0 Å². The van der Waals surface area contributed by atoms with E-state index in [0.29, 0.717) is 81.5 Å². The number of carbonyl (C=O) groups excluding carboxylic acids is 4. The van der Waals surface area contributed by atoms with Crippen LogP contribution in [0.4, 0.5) is 0 Å². The Hall–Kier alpha value is -11.4. The second kappa shape index (κ2) is 24.2. The van der Waals surface area contributed by atoms with Gasteiger partial charge in [-0.2, -0.15) is 0 Å². The lowest BCUT2D eigenvalue weighted by atomic mass is 10.1. The molecule has 20 heteroatoms. The summed E-state index contributed by atoms with van der Waals surface area (Å²) in [6.07, 6.45) is 27.2. The van der Waals surface area contributed by atoms with Crippen LogP contribution in [0.2, 0.25) is 0 Å².